The molecule has 106 valence electrons. The van der Waals surface area contributed by atoms with Gasteiger partial charge in [0.25, 0.3) is 0 Å². The Labute approximate surface area is 122 Å². The zero-order chi connectivity index (χ0) is 14.4. The molecule has 0 N–H and O–H groups in total. The second kappa shape index (κ2) is 7.50. The van der Waals surface area contributed by atoms with Crippen molar-refractivity contribution >= 4 is 21.9 Å². The number of nitrogens with zero attached hydrogens (tertiary/aromatic N) is 1. The summed E-state index contributed by atoms with van der Waals surface area (Å²) in [5.41, 5.74) is 1.01. The Morgan fingerprint density at radius 3 is 2.63 bits per heavy atom. The van der Waals surface area contributed by atoms with Crippen molar-refractivity contribution in [3.05, 3.63) is 28.2 Å². The molecule has 4 nitrogen and oxygen atoms in total. The van der Waals surface area contributed by atoms with E-state index < -0.39 is 0 Å². The standard InChI is InChI=1S/C14H20BrNO3/c1-5-19-14(17)9-13(16(2)3)11-8-10(18-4)6-7-12(11)15/h6-8,13H,5,9H2,1-4H3. The molecule has 0 aromatic heterocycles. The van der Waals surface area contributed by atoms with Gasteiger partial charge in [0.05, 0.1) is 20.1 Å². The molecular formula is C14H20BrNO3. The van der Waals surface area contributed by atoms with Gasteiger partial charge in [0, 0.05) is 10.5 Å². The first kappa shape index (κ1) is 16.0. The fraction of sp³-hybridized carbons (Fsp3) is 0.500. The maximum absolute atomic E-state index is 11.7. The molecule has 1 unspecified atom stereocenters. The van der Waals surface area contributed by atoms with Crippen LogP contribution in [0.25, 0.3) is 0 Å². The van der Waals surface area contributed by atoms with E-state index in [0.29, 0.717) is 13.0 Å². The van der Waals surface area contributed by atoms with Crippen LogP contribution < -0.4 is 4.74 Å². The fourth-order valence-corrected chi connectivity index (χ4v) is 2.36. The first-order valence-corrected chi connectivity index (χ1v) is 6.94. The molecule has 0 fully saturated rings. The molecule has 0 amide bonds. The highest BCUT2D eigenvalue weighted by molar-refractivity contribution is 9.10. The minimum atomic E-state index is -0.198. The molecule has 19 heavy (non-hydrogen) atoms. The molecule has 1 aromatic carbocycles. The van der Waals surface area contributed by atoms with Crippen LogP contribution in [0.3, 0.4) is 0 Å². The smallest absolute Gasteiger partial charge is 0.307 e. The van der Waals surface area contributed by atoms with Gasteiger partial charge in [-0.25, -0.2) is 0 Å². The Hall–Kier alpha value is -1.07. The second-order valence-corrected chi connectivity index (χ2v) is 5.23. The fourth-order valence-electron chi connectivity index (χ4n) is 1.85. The lowest BCUT2D eigenvalue weighted by Crippen LogP contribution is -2.24. The third-order valence-corrected chi connectivity index (χ3v) is 3.57. The molecule has 0 saturated carbocycles. The average Bonchev–Trinajstić information content (AvgIpc) is 2.37. The third kappa shape index (κ3) is 4.51. The molecule has 0 aliphatic rings. The van der Waals surface area contributed by atoms with Crippen LogP contribution in [-0.4, -0.2) is 38.7 Å². The Kier molecular flexibility index (Phi) is 6.31. The molecular weight excluding hydrogens is 310 g/mol. The van der Waals surface area contributed by atoms with Gasteiger partial charge in [0.1, 0.15) is 5.75 Å². The predicted octanol–water partition coefficient (Wildman–Crippen LogP) is 3.01. The van der Waals surface area contributed by atoms with Crippen molar-refractivity contribution in [3.63, 3.8) is 0 Å². The normalized spacial score (nSPS) is 12.3. The maximum Gasteiger partial charge on any atom is 0.307 e. The molecule has 0 aliphatic heterocycles. The van der Waals surface area contributed by atoms with Gasteiger partial charge in [-0.15, -0.1) is 0 Å². The van der Waals surface area contributed by atoms with Crippen LogP contribution in [0.15, 0.2) is 22.7 Å². The minimum Gasteiger partial charge on any atom is -0.497 e. The summed E-state index contributed by atoms with van der Waals surface area (Å²) >= 11 is 3.52. The number of ether oxygens (including phenoxy) is 2. The van der Waals surface area contributed by atoms with Crippen molar-refractivity contribution in [1.29, 1.82) is 0 Å². The number of esters is 1. The van der Waals surface area contributed by atoms with E-state index in [4.69, 9.17) is 9.47 Å². The molecule has 0 bridgehead atoms. The Bertz CT molecular complexity index is 435. The monoisotopic (exact) mass is 329 g/mol. The van der Waals surface area contributed by atoms with E-state index >= 15 is 0 Å². The maximum atomic E-state index is 11.7. The summed E-state index contributed by atoms with van der Waals surface area (Å²) in [6.07, 6.45) is 0.312. The minimum absolute atomic E-state index is 0.0523. The first-order chi connectivity index (χ1) is 8.99. The lowest BCUT2D eigenvalue weighted by atomic mass is 10.0. The highest BCUT2D eigenvalue weighted by Gasteiger charge is 2.21. The molecule has 0 radical (unpaired) electrons. The van der Waals surface area contributed by atoms with Crippen LogP contribution in [0, 0.1) is 0 Å². The van der Waals surface area contributed by atoms with Gasteiger partial charge in [0.2, 0.25) is 0 Å². The van der Waals surface area contributed by atoms with Crippen LogP contribution in [-0.2, 0) is 9.53 Å². The van der Waals surface area contributed by atoms with E-state index in [1.165, 1.54) is 0 Å². The zero-order valence-electron chi connectivity index (χ0n) is 11.8. The largest absolute Gasteiger partial charge is 0.497 e. The van der Waals surface area contributed by atoms with Crippen LogP contribution >= 0.6 is 15.9 Å². The number of carbonyl (C=O) groups excluding carboxylic acids is 1. The SMILES string of the molecule is CCOC(=O)CC(c1cc(OC)ccc1Br)N(C)C. The molecule has 5 heteroatoms. The molecule has 0 heterocycles. The van der Waals surface area contributed by atoms with Crippen LogP contribution in [0.4, 0.5) is 0 Å². The molecule has 1 atom stereocenters. The highest BCUT2D eigenvalue weighted by Crippen LogP contribution is 2.32. The van der Waals surface area contributed by atoms with Crippen LogP contribution in [0.5, 0.6) is 5.75 Å². The summed E-state index contributed by atoms with van der Waals surface area (Å²) in [5.74, 6) is 0.574. The van der Waals surface area contributed by atoms with Crippen molar-refractivity contribution in [2.24, 2.45) is 0 Å². The summed E-state index contributed by atoms with van der Waals surface area (Å²) in [6, 6.07) is 5.69. The van der Waals surface area contributed by atoms with E-state index in [1.807, 2.05) is 44.1 Å². The molecule has 1 aromatic rings. The van der Waals surface area contributed by atoms with Crippen LogP contribution in [0.2, 0.25) is 0 Å². The van der Waals surface area contributed by atoms with Crippen molar-refractivity contribution in [2.75, 3.05) is 27.8 Å². The quantitative estimate of drug-likeness (QED) is 0.752. The van der Waals surface area contributed by atoms with Gasteiger partial charge in [-0.2, -0.15) is 0 Å². The molecule has 0 saturated heterocycles. The first-order valence-electron chi connectivity index (χ1n) is 6.15. The molecule has 0 aliphatic carbocycles. The van der Waals surface area contributed by atoms with Gasteiger partial charge in [-0.1, -0.05) is 15.9 Å². The van der Waals surface area contributed by atoms with E-state index in [9.17, 15) is 4.79 Å². The Morgan fingerprint density at radius 1 is 1.42 bits per heavy atom. The summed E-state index contributed by atoms with van der Waals surface area (Å²) in [7, 11) is 5.51. The van der Waals surface area contributed by atoms with Crippen LogP contribution in [0.1, 0.15) is 24.9 Å². The summed E-state index contributed by atoms with van der Waals surface area (Å²) < 4.78 is 11.2. The Morgan fingerprint density at radius 2 is 2.11 bits per heavy atom. The predicted molar refractivity (Wildman–Crippen MR) is 78.4 cm³/mol. The van der Waals surface area contributed by atoms with E-state index in [0.717, 1.165) is 15.8 Å². The molecule has 1 rings (SSSR count). The number of hydrogen-bond acceptors (Lipinski definition) is 4. The van der Waals surface area contributed by atoms with Crippen molar-refractivity contribution < 1.29 is 14.3 Å². The van der Waals surface area contributed by atoms with Gasteiger partial charge in [0.15, 0.2) is 0 Å². The number of methoxy groups -OCH3 is 1. The third-order valence-electron chi connectivity index (χ3n) is 2.85. The summed E-state index contributed by atoms with van der Waals surface area (Å²) in [6.45, 7) is 2.21. The number of rotatable bonds is 6. The van der Waals surface area contributed by atoms with E-state index in [2.05, 4.69) is 15.9 Å². The second-order valence-electron chi connectivity index (χ2n) is 4.38. The number of carbonyl (C=O) groups is 1. The van der Waals surface area contributed by atoms with Crippen molar-refractivity contribution in [2.45, 2.75) is 19.4 Å². The zero-order valence-corrected chi connectivity index (χ0v) is 13.4. The van der Waals surface area contributed by atoms with E-state index in [-0.39, 0.29) is 12.0 Å². The number of benzene rings is 1. The van der Waals surface area contributed by atoms with Gasteiger partial charge >= 0.3 is 5.97 Å². The topological polar surface area (TPSA) is 38.8 Å². The molecule has 0 spiro atoms. The summed E-state index contributed by atoms with van der Waals surface area (Å²) in [4.78, 5) is 13.7. The number of halogens is 1. The Balaban J connectivity index is 3.01. The van der Waals surface area contributed by atoms with Crippen molar-refractivity contribution in [3.8, 4) is 5.75 Å². The van der Waals surface area contributed by atoms with Gasteiger partial charge in [-0.3, -0.25) is 4.79 Å². The van der Waals surface area contributed by atoms with Crippen molar-refractivity contribution in [1.82, 2.24) is 4.90 Å². The number of hydrogen-bond donors (Lipinski definition) is 0. The van der Waals surface area contributed by atoms with Gasteiger partial charge < -0.3 is 14.4 Å². The van der Waals surface area contributed by atoms with E-state index in [1.54, 1.807) is 7.11 Å². The van der Waals surface area contributed by atoms with Gasteiger partial charge in [-0.05, 0) is 44.8 Å². The lowest BCUT2D eigenvalue weighted by molar-refractivity contribution is -0.144. The average molecular weight is 330 g/mol. The lowest BCUT2D eigenvalue weighted by Gasteiger charge is -2.25. The highest BCUT2D eigenvalue weighted by atomic mass is 79.9. The summed E-state index contributed by atoms with van der Waals surface area (Å²) in [5, 5.41) is 0.